The number of aryl methyl sites for hydroxylation is 2. The zero-order chi connectivity index (χ0) is 21.3. The average Bonchev–Trinajstić information content (AvgIpc) is 3.18. The Bertz CT molecular complexity index is 1130. The summed E-state index contributed by atoms with van der Waals surface area (Å²) in [6, 6.07) is 15.0. The van der Waals surface area contributed by atoms with Gasteiger partial charge in [-0.3, -0.25) is 4.79 Å². The van der Waals surface area contributed by atoms with Gasteiger partial charge in [0.2, 0.25) is 0 Å². The fraction of sp³-hybridized carbons (Fsp3) is 0.174. The second kappa shape index (κ2) is 7.87. The van der Waals surface area contributed by atoms with Gasteiger partial charge >= 0.3 is 5.97 Å². The molecule has 0 saturated heterocycles. The predicted molar refractivity (Wildman–Crippen MR) is 115 cm³/mol. The number of hydrogen-bond acceptors (Lipinski definition) is 4. The number of carboxylic acid groups (broad SMARTS) is 1. The summed E-state index contributed by atoms with van der Waals surface area (Å²) in [6.45, 7) is 4.05. The molecular formula is C23H22N4O3. The number of benzene rings is 2. The van der Waals surface area contributed by atoms with Gasteiger partial charge in [-0.1, -0.05) is 48.9 Å². The Balaban J connectivity index is 1.68. The summed E-state index contributed by atoms with van der Waals surface area (Å²) in [6.07, 6.45) is 3.97. The SMILES string of the molecule is CCc1ccc(NC(=O)c2cnn3c2NC(C(=O)O)=C[C@H]3c2ccc(C)cc2)cc1. The molecule has 1 aliphatic rings. The van der Waals surface area contributed by atoms with Gasteiger partial charge in [-0.2, -0.15) is 5.10 Å². The fourth-order valence-corrected chi connectivity index (χ4v) is 3.41. The van der Waals surface area contributed by atoms with E-state index in [9.17, 15) is 14.7 Å². The number of anilines is 2. The minimum absolute atomic E-state index is 0.00919. The Morgan fingerprint density at radius 2 is 1.83 bits per heavy atom. The predicted octanol–water partition coefficient (Wildman–Crippen LogP) is 3.99. The molecule has 3 N–H and O–H groups in total. The molecule has 30 heavy (non-hydrogen) atoms. The first kappa shape index (κ1) is 19.4. The van der Waals surface area contributed by atoms with Gasteiger partial charge in [-0.05, 0) is 42.7 Å². The lowest BCUT2D eigenvalue weighted by Gasteiger charge is -2.24. The van der Waals surface area contributed by atoms with Crippen LogP contribution in [0.4, 0.5) is 11.5 Å². The second-order valence-corrected chi connectivity index (χ2v) is 7.22. The first-order valence-electron chi connectivity index (χ1n) is 9.72. The van der Waals surface area contributed by atoms with Gasteiger partial charge in [0.1, 0.15) is 17.1 Å². The van der Waals surface area contributed by atoms with Gasteiger partial charge in [0, 0.05) is 5.69 Å². The van der Waals surface area contributed by atoms with E-state index in [0.717, 1.165) is 17.5 Å². The lowest BCUT2D eigenvalue weighted by Crippen LogP contribution is -2.25. The maximum absolute atomic E-state index is 12.9. The van der Waals surface area contributed by atoms with Crippen molar-refractivity contribution in [2.75, 3.05) is 10.6 Å². The van der Waals surface area contributed by atoms with Crippen LogP contribution in [0.25, 0.3) is 0 Å². The molecule has 0 fully saturated rings. The smallest absolute Gasteiger partial charge is 0.352 e. The van der Waals surface area contributed by atoms with Crippen LogP contribution in [0.15, 0.2) is 66.5 Å². The van der Waals surface area contributed by atoms with E-state index < -0.39 is 12.0 Å². The number of nitrogens with one attached hydrogen (secondary N) is 2. The highest BCUT2D eigenvalue weighted by Gasteiger charge is 2.29. The van der Waals surface area contributed by atoms with E-state index in [1.807, 2.05) is 55.5 Å². The Hall–Kier alpha value is -3.87. The molecule has 3 aromatic rings. The van der Waals surface area contributed by atoms with Crippen molar-refractivity contribution in [1.82, 2.24) is 9.78 Å². The van der Waals surface area contributed by atoms with Crippen molar-refractivity contribution in [3.8, 4) is 0 Å². The molecule has 152 valence electrons. The molecule has 0 spiro atoms. The highest BCUT2D eigenvalue weighted by atomic mass is 16.4. The van der Waals surface area contributed by atoms with Crippen molar-refractivity contribution >= 4 is 23.4 Å². The van der Waals surface area contributed by atoms with Crippen LogP contribution in [-0.2, 0) is 11.2 Å². The Labute approximate surface area is 174 Å². The molecule has 0 saturated carbocycles. The third kappa shape index (κ3) is 3.69. The largest absolute Gasteiger partial charge is 0.477 e. The molecule has 2 heterocycles. The quantitative estimate of drug-likeness (QED) is 0.600. The Kier molecular flexibility index (Phi) is 5.10. The number of carbonyl (C=O) groups excluding carboxylic acids is 1. The van der Waals surface area contributed by atoms with Gasteiger partial charge in [0.25, 0.3) is 5.91 Å². The van der Waals surface area contributed by atoms with Crippen molar-refractivity contribution in [3.05, 3.63) is 88.8 Å². The topological polar surface area (TPSA) is 96.3 Å². The first-order chi connectivity index (χ1) is 14.5. The summed E-state index contributed by atoms with van der Waals surface area (Å²) in [7, 11) is 0. The molecule has 1 atom stereocenters. The number of rotatable bonds is 5. The van der Waals surface area contributed by atoms with Crippen molar-refractivity contribution < 1.29 is 14.7 Å². The van der Waals surface area contributed by atoms with Crippen LogP contribution >= 0.6 is 0 Å². The van der Waals surface area contributed by atoms with Crippen molar-refractivity contribution in [1.29, 1.82) is 0 Å². The number of fused-ring (bicyclic) bond motifs is 1. The minimum atomic E-state index is -1.10. The molecule has 7 heteroatoms. The van der Waals surface area contributed by atoms with E-state index in [1.165, 1.54) is 11.8 Å². The van der Waals surface area contributed by atoms with Crippen molar-refractivity contribution in [3.63, 3.8) is 0 Å². The summed E-state index contributed by atoms with van der Waals surface area (Å²) < 4.78 is 1.63. The zero-order valence-electron chi connectivity index (χ0n) is 16.7. The summed E-state index contributed by atoms with van der Waals surface area (Å²) in [5, 5.41) is 19.6. The van der Waals surface area contributed by atoms with E-state index in [0.29, 0.717) is 11.5 Å². The fourth-order valence-electron chi connectivity index (χ4n) is 3.41. The summed E-state index contributed by atoms with van der Waals surface area (Å²) in [5.74, 6) is -1.11. The lowest BCUT2D eigenvalue weighted by molar-refractivity contribution is -0.132. The normalized spacial score (nSPS) is 15.0. The van der Waals surface area contributed by atoms with Gasteiger partial charge in [-0.25, -0.2) is 9.48 Å². The third-order valence-electron chi connectivity index (χ3n) is 5.15. The molecule has 0 bridgehead atoms. The van der Waals surface area contributed by atoms with Gasteiger partial charge < -0.3 is 15.7 Å². The van der Waals surface area contributed by atoms with E-state index in [2.05, 4.69) is 22.7 Å². The maximum Gasteiger partial charge on any atom is 0.352 e. The third-order valence-corrected chi connectivity index (χ3v) is 5.15. The van der Waals surface area contributed by atoms with Crippen LogP contribution < -0.4 is 10.6 Å². The van der Waals surface area contributed by atoms with Crippen molar-refractivity contribution in [2.45, 2.75) is 26.3 Å². The van der Waals surface area contributed by atoms with E-state index >= 15 is 0 Å². The molecule has 0 radical (unpaired) electrons. The number of aromatic nitrogens is 2. The van der Waals surface area contributed by atoms with Crippen LogP contribution in [0.2, 0.25) is 0 Å². The first-order valence-corrected chi connectivity index (χ1v) is 9.72. The number of carbonyl (C=O) groups is 2. The van der Waals surface area contributed by atoms with Crippen molar-refractivity contribution in [2.24, 2.45) is 0 Å². The number of allylic oxidation sites excluding steroid dienone is 1. The zero-order valence-corrected chi connectivity index (χ0v) is 16.7. The minimum Gasteiger partial charge on any atom is -0.477 e. The Morgan fingerprint density at radius 3 is 2.47 bits per heavy atom. The standard InChI is InChI=1S/C23H22N4O3/c1-3-15-6-10-17(11-7-15)25-22(28)18-13-24-27-20(16-8-4-14(2)5-9-16)12-19(23(29)30)26-21(18)27/h4-13,20,26H,3H2,1-2H3,(H,25,28)(H,29,30)/t20-/m0/s1. The van der Waals surface area contributed by atoms with Gasteiger partial charge in [0.05, 0.1) is 12.2 Å². The van der Waals surface area contributed by atoms with E-state index in [1.54, 1.807) is 10.8 Å². The van der Waals surface area contributed by atoms with Crippen LogP contribution in [-0.4, -0.2) is 26.8 Å². The monoisotopic (exact) mass is 402 g/mol. The molecule has 1 amide bonds. The maximum atomic E-state index is 12.9. The Morgan fingerprint density at radius 1 is 1.13 bits per heavy atom. The molecule has 1 aliphatic heterocycles. The summed E-state index contributed by atoms with van der Waals surface area (Å²) in [5.41, 5.74) is 4.11. The highest BCUT2D eigenvalue weighted by Crippen LogP contribution is 2.32. The van der Waals surface area contributed by atoms with Gasteiger partial charge in [-0.15, -0.1) is 0 Å². The van der Waals surface area contributed by atoms with Gasteiger partial charge in [0.15, 0.2) is 0 Å². The molecule has 1 aromatic heterocycles. The lowest BCUT2D eigenvalue weighted by atomic mass is 10.0. The molecular weight excluding hydrogens is 380 g/mol. The second-order valence-electron chi connectivity index (χ2n) is 7.22. The van der Waals surface area contributed by atoms with Crippen LogP contribution in [0, 0.1) is 6.92 Å². The van der Waals surface area contributed by atoms with Crippen LogP contribution in [0.3, 0.4) is 0 Å². The van der Waals surface area contributed by atoms with Crippen LogP contribution in [0.1, 0.15) is 40.0 Å². The van der Waals surface area contributed by atoms with E-state index in [4.69, 9.17) is 0 Å². The summed E-state index contributed by atoms with van der Waals surface area (Å²) >= 11 is 0. The highest BCUT2D eigenvalue weighted by molar-refractivity contribution is 6.08. The van der Waals surface area contributed by atoms with Crippen LogP contribution in [0.5, 0.6) is 0 Å². The molecule has 2 aromatic carbocycles. The molecule has 7 nitrogen and oxygen atoms in total. The average molecular weight is 402 g/mol. The number of hydrogen-bond donors (Lipinski definition) is 3. The van der Waals surface area contributed by atoms with E-state index in [-0.39, 0.29) is 17.2 Å². The molecule has 0 aliphatic carbocycles. The summed E-state index contributed by atoms with van der Waals surface area (Å²) in [4.78, 5) is 24.6. The molecule has 4 rings (SSSR count). The number of amides is 1. The molecule has 0 unspecified atom stereocenters. The number of nitrogens with zero attached hydrogens (tertiary/aromatic N) is 2. The number of aliphatic carboxylic acids is 1. The number of carboxylic acids is 1.